The maximum atomic E-state index is 11.7. The van der Waals surface area contributed by atoms with E-state index in [1.54, 1.807) is 6.08 Å². The van der Waals surface area contributed by atoms with Crippen LogP contribution in [-0.4, -0.2) is 34.7 Å². The van der Waals surface area contributed by atoms with E-state index in [9.17, 15) is 24.6 Å². The predicted octanol–water partition coefficient (Wildman–Crippen LogP) is 2.01. The summed E-state index contributed by atoms with van der Waals surface area (Å²) in [5.74, 6) is -2.88. The van der Waals surface area contributed by atoms with Gasteiger partial charge in [-0.15, -0.1) is 0 Å². The Kier molecular flexibility index (Phi) is 5.29. The van der Waals surface area contributed by atoms with Crippen molar-refractivity contribution in [1.29, 1.82) is 0 Å². The molecule has 0 fully saturated rings. The van der Waals surface area contributed by atoms with E-state index in [0.717, 1.165) is 6.08 Å². The van der Waals surface area contributed by atoms with Crippen LogP contribution in [-0.2, 0) is 19.1 Å². The van der Waals surface area contributed by atoms with Gasteiger partial charge in [0.05, 0.1) is 12.0 Å². The molecule has 0 saturated carbocycles. The SMILES string of the molecule is C=CC(=O)OCCCC1(C(=O)O)C=CCCC1(C)C(=O)O. The monoisotopic (exact) mass is 296 g/mol. The molecule has 0 radical (unpaired) electrons. The van der Waals surface area contributed by atoms with Gasteiger partial charge in [0.25, 0.3) is 0 Å². The zero-order valence-electron chi connectivity index (χ0n) is 12.0. The van der Waals surface area contributed by atoms with Gasteiger partial charge in [-0.05, 0) is 32.6 Å². The summed E-state index contributed by atoms with van der Waals surface area (Å²) in [4.78, 5) is 34.3. The predicted molar refractivity (Wildman–Crippen MR) is 74.6 cm³/mol. The molecular weight excluding hydrogens is 276 g/mol. The number of hydrogen-bond acceptors (Lipinski definition) is 4. The third kappa shape index (κ3) is 3.15. The molecule has 1 aliphatic rings. The minimum atomic E-state index is -1.49. The zero-order chi connectivity index (χ0) is 16.1. The van der Waals surface area contributed by atoms with Crippen molar-refractivity contribution in [2.75, 3.05) is 6.61 Å². The number of carboxylic acid groups (broad SMARTS) is 2. The van der Waals surface area contributed by atoms with Crippen molar-refractivity contribution in [3.05, 3.63) is 24.8 Å². The number of hydrogen-bond donors (Lipinski definition) is 2. The standard InChI is InChI=1S/C15H20O6/c1-3-11(16)21-10-6-9-15(13(19)20)8-5-4-7-14(15,2)12(17)18/h3,5,8H,1,4,6-7,9-10H2,2H3,(H,17,18)(H,19,20). The van der Waals surface area contributed by atoms with Crippen LogP contribution in [0.15, 0.2) is 24.8 Å². The van der Waals surface area contributed by atoms with Crippen LogP contribution in [0.5, 0.6) is 0 Å². The third-order valence-corrected chi connectivity index (χ3v) is 4.18. The zero-order valence-corrected chi connectivity index (χ0v) is 12.0. The van der Waals surface area contributed by atoms with Crippen LogP contribution in [0, 0.1) is 10.8 Å². The Morgan fingerprint density at radius 1 is 1.33 bits per heavy atom. The highest BCUT2D eigenvalue weighted by Gasteiger charge is 2.57. The largest absolute Gasteiger partial charge is 0.481 e. The van der Waals surface area contributed by atoms with E-state index in [1.807, 2.05) is 0 Å². The molecule has 6 nitrogen and oxygen atoms in total. The molecule has 0 aromatic heterocycles. The molecule has 0 spiro atoms. The molecule has 1 rings (SSSR count). The molecule has 0 saturated heterocycles. The first-order valence-electron chi connectivity index (χ1n) is 6.74. The molecule has 2 N–H and O–H groups in total. The highest BCUT2D eigenvalue weighted by atomic mass is 16.5. The fourth-order valence-electron chi connectivity index (χ4n) is 2.72. The maximum Gasteiger partial charge on any atom is 0.330 e. The van der Waals surface area contributed by atoms with Gasteiger partial charge in [0.2, 0.25) is 0 Å². The van der Waals surface area contributed by atoms with Crippen LogP contribution in [0.2, 0.25) is 0 Å². The quantitative estimate of drug-likeness (QED) is 0.322. The van der Waals surface area contributed by atoms with Gasteiger partial charge in [0.15, 0.2) is 0 Å². The van der Waals surface area contributed by atoms with Gasteiger partial charge >= 0.3 is 17.9 Å². The first-order valence-corrected chi connectivity index (χ1v) is 6.74. The Balaban J connectivity index is 2.91. The molecular formula is C15H20O6. The average molecular weight is 296 g/mol. The van der Waals surface area contributed by atoms with Gasteiger partial charge in [0, 0.05) is 6.08 Å². The molecule has 2 unspecified atom stereocenters. The van der Waals surface area contributed by atoms with Gasteiger partial charge < -0.3 is 14.9 Å². The highest BCUT2D eigenvalue weighted by molar-refractivity contribution is 5.88. The molecule has 6 heteroatoms. The molecule has 0 aromatic carbocycles. The van der Waals surface area contributed by atoms with E-state index >= 15 is 0 Å². The lowest BCUT2D eigenvalue weighted by Gasteiger charge is -2.43. The number of ether oxygens (including phenoxy) is 1. The molecule has 116 valence electrons. The summed E-state index contributed by atoms with van der Waals surface area (Å²) in [6.07, 6.45) is 5.34. The second kappa shape index (κ2) is 6.56. The van der Waals surface area contributed by atoms with E-state index in [4.69, 9.17) is 4.74 Å². The lowest BCUT2D eigenvalue weighted by molar-refractivity contribution is -0.170. The first kappa shape index (κ1) is 16.9. The van der Waals surface area contributed by atoms with E-state index < -0.39 is 28.7 Å². The lowest BCUT2D eigenvalue weighted by Crippen LogP contribution is -2.51. The van der Waals surface area contributed by atoms with Gasteiger partial charge in [0.1, 0.15) is 5.41 Å². The molecule has 21 heavy (non-hydrogen) atoms. The van der Waals surface area contributed by atoms with E-state index in [0.29, 0.717) is 6.42 Å². The van der Waals surface area contributed by atoms with E-state index in [-0.39, 0.29) is 25.9 Å². The van der Waals surface area contributed by atoms with Crippen molar-refractivity contribution in [1.82, 2.24) is 0 Å². The van der Waals surface area contributed by atoms with Gasteiger partial charge in [-0.2, -0.15) is 0 Å². The molecule has 0 heterocycles. The van der Waals surface area contributed by atoms with Gasteiger partial charge in [-0.25, -0.2) is 4.79 Å². The van der Waals surface area contributed by atoms with Crippen molar-refractivity contribution < 1.29 is 29.3 Å². The summed E-state index contributed by atoms with van der Waals surface area (Å²) in [6.45, 7) is 4.75. The number of carbonyl (C=O) groups is 3. The fourth-order valence-corrected chi connectivity index (χ4v) is 2.72. The van der Waals surface area contributed by atoms with Crippen LogP contribution in [0.4, 0.5) is 0 Å². The third-order valence-electron chi connectivity index (χ3n) is 4.18. The highest BCUT2D eigenvalue weighted by Crippen LogP contribution is 2.50. The van der Waals surface area contributed by atoms with Crippen LogP contribution >= 0.6 is 0 Å². The molecule has 0 bridgehead atoms. The summed E-state index contributed by atoms with van der Waals surface area (Å²) < 4.78 is 4.81. The minimum Gasteiger partial charge on any atom is -0.481 e. The summed E-state index contributed by atoms with van der Waals surface area (Å²) in [6, 6.07) is 0. The number of aliphatic carboxylic acids is 2. The number of carbonyl (C=O) groups excluding carboxylic acids is 1. The Hall–Kier alpha value is -2.11. The summed E-state index contributed by atoms with van der Waals surface area (Å²) in [5, 5.41) is 19.1. The van der Waals surface area contributed by atoms with Crippen LogP contribution in [0.1, 0.15) is 32.6 Å². The number of carboxylic acids is 2. The van der Waals surface area contributed by atoms with E-state index in [2.05, 4.69) is 6.58 Å². The average Bonchev–Trinajstić information content (AvgIpc) is 2.44. The number of rotatable bonds is 7. The summed E-state index contributed by atoms with van der Waals surface area (Å²) in [7, 11) is 0. The Morgan fingerprint density at radius 3 is 2.52 bits per heavy atom. The molecule has 1 aliphatic carbocycles. The molecule has 0 aromatic rings. The molecule has 0 amide bonds. The van der Waals surface area contributed by atoms with Gasteiger partial charge in [-0.3, -0.25) is 9.59 Å². The Labute approximate surface area is 123 Å². The number of allylic oxidation sites excluding steroid dienone is 1. The second-order valence-electron chi connectivity index (χ2n) is 5.33. The Morgan fingerprint density at radius 2 is 2.00 bits per heavy atom. The molecule has 2 atom stereocenters. The summed E-state index contributed by atoms with van der Waals surface area (Å²) in [5.41, 5.74) is -2.87. The fraction of sp³-hybridized carbons (Fsp3) is 0.533. The van der Waals surface area contributed by atoms with Crippen LogP contribution in [0.3, 0.4) is 0 Å². The smallest absolute Gasteiger partial charge is 0.330 e. The normalized spacial score (nSPS) is 27.9. The Bertz CT molecular complexity index is 481. The minimum absolute atomic E-state index is 0.0312. The van der Waals surface area contributed by atoms with Crippen molar-refractivity contribution in [3.63, 3.8) is 0 Å². The van der Waals surface area contributed by atoms with Gasteiger partial charge in [-0.1, -0.05) is 18.7 Å². The van der Waals surface area contributed by atoms with Crippen molar-refractivity contribution >= 4 is 17.9 Å². The maximum absolute atomic E-state index is 11.7. The summed E-state index contributed by atoms with van der Waals surface area (Å²) >= 11 is 0. The van der Waals surface area contributed by atoms with Crippen molar-refractivity contribution in [2.24, 2.45) is 10.8 Å². The lowest BCUT2D eigenvalue weighted by atomic mass is 9.57. The van der Waals surface area contributed by atoms with E-state index in [1.165, 1.54) is 13.0 Å². The van der Waals surface area contributed by atoms with Crippen LogP contribution < -0.4 is 0 Å². The first-order chi connectivity index (χ1) is 9.80. The van der Waals surface area contributed by atoms with Crippen molar-refractivity contribution in [2.45, 2.75) is 32.6 Å². The molecule has 0 aliphatic heterocycles. The van der Waals surface area contributed by atoms with Crippen molar-refractivity contribution in [3.8, 4) is 0 Å². The topological polar surface area (TPSA) is 101 Å². The second-order valence-corrected chi connectivity index (χ2v) is 5.33. The number of esters is 1. The van der Waals surface area contributed by atoms with Crippen LogP contribution in [0.25, 0.3) is 0 Å².